The second kappa shape index (κ2) is 8.39. The number of pyridine rings is 1. The average Bonchev–Trinajstić information content (AvgIpc) is 2.76. The number of anilines is 1. The quantitative estimate of drug-likeness (QED) is 0.532. The van der Waals surface area contributed by atoms with E-state index in [0.29, 0.717) is 40.4 Å². The highest BCUT2D eigenvalue weighted by Crippen LogP contribution is 2.21. The van der Waals surface area contributed by atoms with Crippen molar-refractivity contribution in [2.75, 3.05) is 11.9 Å². The van der Waals surface area contributed by atoms with E-state index in [-0.39, 0.29) is 11.5 Å². The van der Waals surface area contributed by atoms with Crippen molar-refractivity contribution < 1.29 is 9.53 Å². The number of carbonyl (C=O) groups is 1. The molecular weight excluding hydrogens is 392 g/mol. The molecule has 0 spiro atoms. The number of ether oxygens (including phenoxy) is 1. The molecule has 31 heavy (non-hydrogen) atoms. The Labute approximate surface area is 179 Å². The maximum Gasteiger partial charge on any atom is 0.267 e. The number of nitrogens with one attached hydrogen (secondary N) is 1. The molecule has 4 rings (SSSR count). The van der Waals surface area contributed by atoms with E-state index in [2.05, 4.69) is 15.3 Å². The van der Waals surface area contributed by atoms with Gasteiger partial charge in [-0.1, -0.05) is 0 Å². The summed E-state index contributed by atoms with van der Waals surface area (Å²) >= 11 is 0. The standard InChI is InChI=1S/C24H22N4O3/c1-4-31-19-10-7-17(8-11-19)23(29)27-21-12-9-18(14-15(21)2)28-16(3)26-22-20(24(28)30)6-5-13-25-22/h5-14H,4H2,1-3H3,(H,27,29). The smallest absolute Gasteiger partial charge is 0.267 e. The highest BCUT2D eigenvalue weighted by atomic mass is 16.5. The van der Waals surface area contributed by atoms with Gasteiger partial charge in [0.2, 0.25) is 0 Å². The van der Waals surface area contributed by atoms with Gasteiger partial charge in [0.1, 0.15) is 11.6 Å². The van der Waals surface area contributed by atoms with Crippen molar-refractivity contribution in [3.8, 4) is 11.4 Å². The predicted octanol–water partition coefficient (Wildman–Crippen LogP) is 4.05. The molecule has 2 aromatic carbocycles. The molecule has 0 unspecified atom stereocenters. The lowest BCUT2D eigenvalue weighted by molar-refractivity contribution is 0.102. The Kier molecular flexibility index (Phi) is 5.49. The highest BCUT2D eigenvalue weighted by Gasteiger charge is 2.13. The van der Waals surface area contributed by atoms with E-state index in [9.17, 15) is 9.59 Å². The van der Waals surface area contributed by atoms with Crippen LogP contribution in [-0.2, 0) is 0 Å². The first-order chi connectivity index (χ1) is 15.0. The van der Waals surface area contributed by atoms with Gasteiger partial charge in [-0.15, -0.1) is 0 Å². The van der Waals surface area contributed by atoms with Crippen LogP contribution in [0, 0.1) is 13.8 Å². The number of carbonyl (C=O) groups excluding carboxylic acids is 1. The Morgan fingerprint density at radius 2 is 1.87 bits per heavy atom. The predicted molar refractivity (Wildman–Crippen MR) is 120 cm³/mol. The third kappa shape index (κ3) is 4.02. The van der Waals surface area contributed by atoms with E-state index in [1.807, 2.05) is 19.9 Å². The first-order valence-electron chi connectivity index (χ1n) is 9.97. The van der Waals surface area contributed by atoms with Gasteiger partial charge >= 0.3 is 0 Å². The Bertz CT molecular complexity index is 1330. The fourth-order valence-corrected chi connectivity index (χ4v) is 3.42. The van der Waals surface area contributed by atoms with Crippen LogP contribution in [0.25, 0.3) is 16.7 Å². The van der Waals surface area contributed by atoms with Gasteiger partial charge in [0.05, 0.1) is 17.7 Å². The molecule has 1 N–H and O–H groups in total. The molecule has 0 saturated heterocycles. The van der Waals surface area contributed by atoms with Crippen LogP contribution in [-0.4, -0.2) is 27.0 Å². The molecule has 0 saturated carbocycles. The molecule has 156 valence electrons. The van der Waals surface area contributed by atoms with Gasteiger partial charge < -0.3 is 10.1 Å². The first kappa shape index (κ1) is 20.3. The number of aryl methyl sites for hydroxylation is 2. The molecular formula is C24H22N4O3. The largest absolute Gasteiger partial charge is 0.494 e. The van der Waals surface area contributed by atoms with E-state index >= 15 is 0 Å². The van der Waals surface area contributed by atoms with Crippen LogP contribution in [0.5, 0.6) is 5.75 Å². The van der Waals surface area contributed by atoms with Crippen LogP contribution in [0.15, 0.2) is 65.6 Å². The van der Waals surface area contributed by atoms with Crippen molar-refractivity contribution in [3.63, 3.8) is 0 Å². The molecule has 7 nitrogen and oxygen atoms in total. The van der Waals surface area contributed by atoms with Gasteiger partial charge in [0.15, 0.2) is 5.65 Å². The van der Waals surface area contributed by atoms with Crippen molar-refractivity contribution in [3.05, 3.63) is 88.1 Å². The Hall–Kier alpha value is -4.00. The van der Waals surface area contributed by atoms with Crippen LogP contribution in [0.4, 0.5) is 5.69 Å². The van der Waals surface area contributed by atoms with E-state index < -0.39 is 0 Å². The second-order valence-corrected chi connectivity index (χ2v) is 7.08. The van der Waals surface area contributed by atoms with Crippen molar-refractivity contribution >= 4 is 22.6 Å². The summed E-state index contributed by atoms with van der Waals surface area (Å²) in [7, 11) is 0. The average molecular weight is 414 g/mol. The van der Waals surface area contributed by atoms with Crippen LogP contribution in [0.1, 0.15) is 28.7 Å². The summed E-state index contributed by atoms with van der Waals surface area (Å²) in [5.74, 6) is 1.05. The minimum atomic E-state index is -0.217. The maximum absolute atomic E-state index is 13.0. The summed E-state index contributed by atoms with van der Waals surface area (Å²) in [6.45, 7) is 6.14. The van der Waals surface area contributed by atoms with E-state index in [0.717, 1.165) is 11.3 Å². The SMILES string of the molecule is CCOc1ccc(C(=O)Nc2ccc(-n3c(C)nc4ncccc4c3=O)cc2C)cc1. The van der Waals surface area contributed by atoms with Gasteiger partial charge in [-0.25, -0.2) is 9.97 Å². The third-order valence-electron chi connectivity index (χ3n) is 4.96. The second-order valence-electron chi connectivity index (χ2n) is 7.08. The number of aromatic nitrogens is 3. The number of nitrogens with zero attached hydrogens (tertiary/aromatic N) is 3. The molecule has 0 aliphatic carbocycles. The zero-order valence-electron chi connectivity index (χ0n) is 17.5. The first-order valence-corrected chi connectivity index (χ1v) is 9.97. The van der Waals surface area contributed by atoms with Crippen molar-refractivity contribution in [1.82, 2.24) is 14.5 Å². The fourth-order valence-electron chi connectivity index (χ4n) is 3.42. The highest BCUT2D eigenvalue weighted by molar-refractivity contribution is 6.04. The molecule has 2 aromatic heterocycles. The summed E-state index contributed by atoms with van der Waals surface area (Å²) in [6.07, 6.45) is 1.62. The van der Waals surface area contributed by atoms with Crippen molar-refractivity contribution in [2.24, 2.45) is 0 Å². The topological polar surface area (TPSA) is 86.1 Å². The van der Waals surface area contributed by atoms with Gasteiger partial charge in [0.25, 0.3) is 11.5 Å². The minimum absolute atomic E-state index is 0.179. The van der Waals surface area contributed by atoms with E-state index in [4.69, 9.17) is 4.74 Å². The minimum Gasteiger partial charge on any atom is -0.494 e. The Morgan fingerprint density at radius 3 is 2.58 bits per heavy atom. The zero-order chi connectivity index (χ0) is 22.0. The van der Waals surface area contributed by atoms with E-state index in [1.54, 1.807) is 66.2 Å². The number of amides is 1. The zero-order valence-corrected chi connectivity index (χ0v) is 17.5. The normalized spacial score (nSPS) is 10.8. The fraction of sp³-hybridized carbons (Fsp3) is 0.167. The Morgan fingerprint density at radius 1 is 1.10 bits per heavy atom. The summed E-state index contributed by atoms with van der Waals surface area (Å²) in [5.41, 5.74) is 2.96. The molecule has 7 heteroatoms. The molecule has 0 fully saturated rings. The van der Waals surface area contributed by atoms with Gasteiger partial charge in [-0.05, 0) is 80.9 Å². The van der Waals surface area contributed by atoms with Crippen molar-refractivity contribution in [1.29, 1.82) is 0 Å². The molecule has 1 amide bonds. The maximum atomic E-state index is 13.0. The molecule has 0 radical (unpaired) electrons. The molecule has 0 aliphatic rings. The van der Waals surface area contributed by atoms with Crippen LogP contribution in [0.2, 0.25) is 0 Å². The van der Waals surface area contributed by atoms with Crippen LogP contribution < -0.4 is 15.6 Å². The number of rotatable bonds is 5. The number of fused-ring (bicyclic) bond motifs is 1. The third-order valence-corrected chi connectivity index (χ3v) is 4.96. The summed E-state index contributed by atoms with van der Waals surface area (Å²) in [4.78, 5) is 34.2. The lowest BCUT2D eigenvalue weighted by Crippen LogP contribution is -2.23. The monoisotopic (exact) mass is 414 g/mol. The lowest BCUT2D eigenvalue weighted by atomic mass is 10.1. The molecule has 2 heterocycles. The van der Waals surface area contributed by atoms with Gasteiger partial charge in [-0.2, -0.15) is 0 Å². The number of benzene rings is 2. The summed E-state index contributed by atoms with van der Waals surface area (Å²) in [6, 6.07) is 15.9. The molecule has 0 bridgehead atoms. The molecule has 0 aliphatic heterocycles. The van der Waals surface area contributed by atoms with Crippen molar-refractivity contribution in [2.45, 2.75) is 20.8 Å². The number of hydrogen-bond acceptors (Lipinski definition) is 5. The lowest BCUT2D eigenvalue weighted by Gasteiger charge is -2.14. The molecule has 4 aromatic rings. The van der Waals surface area contributed by atoms with Crippen LogP contribution in [0.3, 0.4) is 0 Å². The molecule has 0 atom stereocenters. The summed E-state index contributed by atoms with van der Waals surface area (Å²) in [5, 5.41) is 3.38. The van der Waals surface area contributed by atoms with E-state index in [1.165, 1.54) is 0 Å². The number of hydrogen-bond donors (Lipinski definition) is 1. The van der Waals surface area contributed by atoms with Crippen LogP contribution >= 0.6 is 0 Å². The summed E-state index contributed by atoms with van der Waals surface area (Å²) < 4.78 is 6.96. The van der Waals surface area contributed by atoms with Gasteiger partial charge in [0, 0.05) is 17.4 Å². The Balaban J connectivity index is 1.62. The van der Waals surface area contributed by atoms with Gasteiger partial charge in [-0.3, -0.25) is 14.2 Å².